The second-order valence-corrected chi connectivity index (χ2v) is 7.83. The van der Waals surface area contributed by atoms with Crippen molar-refractivity contribution in [3.63, 3.8) is 0 Å². The number of rotatable bonds is 5. The normalized spacial score (nSPS) is 12.3. The van der Waals surface area contributed by atoms with Crippen LogP contribution >= 0.6 is 12.2 Å². The number of nitrogens with one attached hydrogen (secondary N) is 2. The van der Waals surface area contributed by atoms with Gasteiger partial charge in [0.2, 0.25) is 11.7 Å². The van der Waals surface area contributed by atoms with Gasteiger partial charge in [-0.05, 0) is 48.5 Å². The summed E-state index contributed by atoms with van der Waals surface area (Å²) >= 11 is 5.16. The van der Waals surface area contributed by atoms with Crippen LogP contribution in [0.25, 0.3) is 22.3 Å². The molecule has 1 atom stereocenters. The summed E-state index contributed by atoms with van der Waals surface area (Å²) in [5.41, 5.74) is 1.37. The molecule has 0 fully saturated rings. The molecule has 1 aromatic carbocycles. The van der Waals surface area contributed by atoms with Crippen molar-refractivity contribution in [1.82, 2.24) is 30.0 Å². The monoisotopic (exact) mass is 436 g/mol. The Hall–Kier alpha value is -3.66. The second-order valence-electron chi connectivity index (χ2n) is 7.45. The van der Waals surface area contributed by atoms with Gasteiger partial charge in [-0.25, -0.2) is 0 Å². The fraction of sp³-hybridized carbons (Fsp3) is 0.238. The van der Waals surface area contributed by atoms with E-state index in [1.807, 2.05) is 19.9 Å². The van der Waals surface area contributed by atoms with Crippen molar-refractivity contribution < 1.29 is 9.32 Å². The molecule has 4 aromatic rings. The number of H-pyrrole nitrogens is 1. The van der Waals surface area contributed by atoms with E-state index in [1.165, 1.54) is 4.57 Å². The average molecular weight is 436 g/mol. The van der Waals surface area contributed by atoms with Gasteiger partial charge < -0.3 is 14.8 Å². The number of carbonyl (C=O) groups excluding carboxylic acids is 1. The van der Waals surface area contributed by atoms with Gasteiger partial charge in [-0.1, -0.05) is 19.0 Å². The number of hydrogen-bond donors (Lipinski definition) is 2. The molecule has 9 nitrogen and oxygen atoms in total. The van der Waals surface area contributed by atoms with E-state index in [2.05, 4.69) is 25.4 Å². The van der Waals surface area contributed by atoms with Crippen LogP contribution < -0.4 is 10.9 Å². The third-order valence-electron chi connectivity index (χ3n) is 4.94. The molecule has 2 N–H and O–H groups in total. The fourth-order valence-electron chi connectivity index (χ4n) is 3.16. The molecule has 0 aliphatic heterocycles. The van der Waals surface area contributed by atoms with E-state index >= 15 is 0 Å². The van der Waals surface area contributed by atoms with Crippen molar-refractivity contribution in [3.05, 3.63) is 69.3 Å². The van der Waals surface area contributed by atoms with E-state index in [-0.39, 0.29) is 22.2 Å². The SMILES string of the molecule is CC(C)C(NC(=O)c1ccc2c(=O)n(C)c(=S)[nH]c2c1)c1nc(-c2cccnc2)no1. The fourth-order valence-corrected chi connectivity index (χ4v) is 3.35. The summed E-state index contributed by atoms with van der Waals surface area (Å²) in [6, 6.07) is 7.92. The smallest absolute Gasteiger partial charge is 0.261 e. The molecule has 1 unspecified atom stereocenters. The van der Waals surface area contributed by atoms with Crippen molar-refractivity contribution in [3.8, 4) is 11.4 Å². The largest absolute Gasteiger partial charge is 0.340 e. The number of aromatic amines is 1. The van der Waals surface area contributed by atoms with Gasteiger partial charge in [0.15, 0.2) is 4.77 Å². The van der Waals surface area contributed by atoms with Crippen molar-refractivity contribution >= 4 is 29.0 Å². The van der Waals surface area contributed by atoms with E-state index in [1.54, 1.807) is 43.7 Å². The third kappa shape index (κ3) is 4.02. The molecule has 31 heavy (non-hydrogen) atoms. The summed E-state index contributed by atoms with van der Waals surface area (Å²) in [5, 5.41) is 7.40. The molecule has 3 heterocycles. The number of amides is 1. The summed E-state index contributed by atoms with van der Waals surface area (Å²) in [5.74, 6) is 0.361. The molecule has 10 heteroatoms. The molecule has 0 aliphatic carbocycles. The Bertz CT molecular complexity index is 1370. The highest BCUT2D eigenvalue weighted by Crippen LogP contribution is 2.24. The zero-order valence-electron chi connectivity index (χ0n) is 17.1. The molecule has 3 aromatic heterocycles. The van der Waals surface area contributed by atoms with E-state index in [0.29, 0.717) is 28.2 Å². The maximum Gasteiger partial charge on any atom is 0.261 e. The molecule has 0 saturated heterocycles. The lowest BCUT2D eigenvalue weighted by Crippen LogP contribution is -2.32. The number of hydrogen-bond acceptors (Lipinski definition) is 7. The Morgan fingerprint density at radius 3 is 2.81 bits per heavy atom. The lowest BCUT2D eigenvalue weighted by molar-refractivity contribution is 0.0914. The first-order valence-corrected chi connectivity index (χ1v) is 10.0. The Kier molecular flexibility index (Phi) is 5.47. The minimum atomic E-state index is -0.497. The number of aromatic nitrogens is 5. The van der Waals surface area contributed by atoms with Crippen LogP contribution in [0.2, 0.25) is 0 Å². The minimum Gasteiger partial charge on any atom is -0.340 e. The first kappa shape index (κ1) is 20.6. The van der Waals surface area contributed by atoms with E-state index in [4.69, 9.17) is 16.7 Å². The average Bonchev–Trinajstić information content (AvgIpc) is 3.25. The lowest BCUT2D eigenvalue weighted by Gasteiger charge is -2.18. The van der Waals surface area contributed by atoms with Gasteiger partial charge in [0.25, 0.3) is 11.5 Å². The summed E-state index contributed by atoms with van der Waals surface area (Å²) < 4.78 is 7.06. The maximum absolute atomic E-state index is 13.0. The van der Waals surface area contributed by atoms with Crippen LogP contribution in [0.1, 0.15) is 36.1 Å². The van der Waals surface area contributed by atoms with Crippen LogP contribution in [0.5, 0.6) is 0 Å². The van der Waals surface area contributed by atoms with Gasteiger partial charge in [0.1, 0.15) is 6.04 Å². The van der Waals surface area contributed by atoms with Crippen molar-refractivity contribution in [2.24, 2.45) is 13.0 Å². The Morgan fingerprint density at radius 2 is 2.10 bits per heavy atom. The number of pyridine rings is 1. The van der Waals surface area contributed by atoms with Gasteiger partial charge in [0, 0.05) is 30.6 Å². The van der Waals surface area contributed by atoms with Crippen LogP contribution in [-0.2, 0) is 7.05 Å². The van der Waals surface area contributed by atoms with Gasteiger partial charge in [-0.3, -0.25) is 19.1 Å². The summed E-state index contributed by atoms with van der Waals surface area (Å²) in [4.78, 5) is 36.8. The van der Waals surface area contributed by atoms with E-state index in [0.717, 1.165) is 5.56 Å². The Morgan fingerprint density at radius 1 is 1.29 bits per heavy atom. The van der Waals surface area contributed by atoms with Crippen LogP contribution in [-0.4, -0.2) is 30.6 Å². The second kappa shape index (κ2) is 8.23. The molecule has 0 bridgehead atoms. The highest BCUT2D eigenvalue weighted by atomic mass is 32.1. The summed E-state index contributed by atoms with van der Waals surface area (Å²) in [6.07, 6.45) is 3.30. The molecular formula is C21H20N6O3S. The zero-order chi connectivity index (χ0) is 22.1. The highest BCUT2D eigenvalue weighted by molar-refractivity contribution is 7.71. The molecule has 0 aliphatic rings. The van der Waals surface area contributed by atoms with Gasteiger partial charge in [0.05, 0.1) is 10.9 Å². The molecule has 0 saturated carbocycles. The number of benzene rings is 1. The molecule has 4 rings (SSSR count). The molecule has 1 amide bonds. The lowest BCUT2D eigenvalue weighted by atomic mass is 10.0. The zero-order valence-corrected chi connectivity index (χ0v) is 17.9. The van der Waals surface area contributed by atoms with Gasteiger partial charge in [-0.15, -0.1) is 0 Å². The number of carbonyl (C=O) groups is 1. The highest BCUT2D eigenvalue weighted by Gasteiger charge is 2.25. The molecule has 158 valence electrons. The summed E-state index contributed by atoms with van der Waals surface area (Å²) in [6.45, 7) is 3.89. The van der Waals surface area contributed by atoms with E-state index < -0.39 is 6.04 Å². The predicted octanol–water partition coefficient (Wildman–Crippen LogP) is 3.17. The third-order valence-corrected chi connectivity index (χ3v) is 5.32. The van der Waals surface area contributed by atoms with Gasteiger partial charge >= 0.3 is 0 Å². The minimum absolute atomic E-state index is 0.00953. The number of fused-ring (bicyclic) bond motifs is 1. The summed E-state index contributed by atoms with van der Waals surface area (Å²) in [7, 11) is 1.60. The Balaban J connectivity index is 1.63. The van der Waals surface area contributed by atoms with Crippen molar-refractivity contribution in [2.75, 3.05) is 0 Å². The first-order chi connectivity index (χ1) is 14.8. The molecule has 0 spiro atoms. The Labute approximate surface area is 182 Å². The topological polar surface area (TPSA) is 119 Å². The van der Waals surface area contributed by atoms with Crippen molar-refractivity contribution in [1.29, 1.82) is 0 Å². The van der Waals surface area contributed by atoms with Crippen molar-refractivity contribution in [2.45, 2.75) is 19.9 Å². The number of nitrogens with zero attached hydrogens (tertiary/aromatic N) is 4. The van der Waals surface area contributed by atoms with Gasteiger partial charge in [-0.2, -0.15) is 4.98 Å². The molecule has 0 radical (unpaired) electrons. The van der Waals surface area contributed by atoms with Crippen LogP contribution in [0.15, 0.2) is 52.0 Å². The van der Waals surface area contributed by atoms with Crippen LogP contribution in [0, 0.1) is 10.7 Å². The van der Waals surface area contributed by atoms with E-state index in [9.17, 15) is 9.59 Å². The van der Waals surface area contributed by atoms with Crippen LogP contribution in [0.4, 0.5) is 0 Å². The first-order valence-electron chi connectivity index (χ1n) is 9.63. The standard InChI is InChI=1S/C21H20N6O3S/c1-11(2)16(19-25-17(26-30-19)13-5-4-8-22-10-13)24-18(28)12-6-7-14-15(9-12)23-21(31)27(3)20(14)29/h4-11,16H,1-3H3,(H,23,31)(H,24,28). The van der Waals surface area contributed by atoms with Crippen LogP contribution in [0.3, 0.4) is 0 Å². The predicted molar refractivity (Wildman–Crippen MR) is 117 cm³/mol. The maximum atomic E-state index is 13.0. The molecular weight excluding hydrogens is 416 g/mol. The quantitative estimate of drug-likeness (QED) is 0.461.